The molecule has 0 fully saturated rings. The van der Waals surface area contributed by atoms with Crippen molar-refractivity contribution in [2.24, 2.45) is 0 Å². The van der Waals surface area contributed by atoms with Gasteiger partial charge in [0, 0.05) is 12.5 Å². The van der Waals surface area contributed by atoms with Crippen molar-refractivity contribution in [3.63, 3.8) is 0 Å². The molecule has 0 saturated heterocycles. The minimum absolute atomic E-state index is 0.387. The third kappa shape index (κ3) is 4.80. The van der Waals surface area contributed by atoms with E-state index in [1.54, 1.807) is 19.9 Å². The fourth-order valence-corrected chi connectivity index (χ4v) is 1.82. The van der Waals surface area contributed by atoms with E-state index in [0.29, 0.717) is 11.3 Å². The molecule has 21 heavy (non-hydrogen) atoms. The van der Waals surface area contributed by atoms with Crippen LogP contribution in [0.2, 0.25) is 0 Å². The van der Waals surface area contributed by atoms with Gasteiger partial charge in [0.25, 0.3) is 0 Å². The predicted octanol–water partition coefficient (Wildman–Crippen LogP) is 4.06. The molecule has 3 nitrogen and oxygen atoms in total. The molecule has 0 heterocycles. The first kappa shape index (κ1) is 14.9. The molecular formula is C18H18O3. The quantitative estimate of drug-likeness (QED) is 0.471. The molecule has 1 unspecified atom stereocenters. The van der Waals surface area contributed by atoms with Crippen LogP contribution in [-0.2, 0) is 9.53 Å². The van der Waals surface area contributed by atoms with Gasteiger partial charge in [0.2, 0.25) is 6.29 Å². The lowest BCUT2D eigenvalue weighted by Gasteiger charge is -2.15. The maximum Gasteiger partial charge on any atom is 0.336 e. The predicted molar refractivity (Wildman–Crippen MR) is 82.7 cm³/mol. The first-order chi connectivity index (χ1) is 10.1. The molecule has 2 rings (SSSR count). The van der Waals surface area contributed by atoms with Crippen LogP contribution in [0.4, 0.5) is 0 Å². The second kappa shape index (κ2) is 7.29. The van der Waals surface area contributed by atoms with Gasteiger partial charge < -0.3 is 9.47 Å². The number of esters is 1. The van der Waals surface area contributed by atoms with Crippen LogP contribution in [0, 0.1) is 0 Å². The summed E-state index contributed by atoms with van der Waals surface area (Å²) < 4.78 is 10.8. The van der Waals surface area contributed by atoms with Gasteiger partial charge in [-0.05, 0) is 30.7 Å². The van der Waals surface area contributed by atoms with E-state index in [9.17, 15) is 4.79 Å². The largest absolute Gasteiger partial charge is 0.455 e. The monoisotopic (exact) mass is 282 g/mol. The number of rotatable bonds is 5. The van der Waals surface area contributed by atoms with E-state index in [0.717, 1.165) is 5.56 Å². The Bertz CT molecular complexity index is 603. The molecule has 0 spiro atoms. The maximum atomic E-state index is 12.0. The zero-order chi connectivity index (χ0) is 15.1. The van der Waals surface area contributed by atoms with Crippen LogP contribution >= 0.6 is 0 Å². The van der Waals surface area contributed by atoms with Gasteiger partial charge in [-0.1, -0.05) is 48.5 Å². The molecule has 0 bridgehead atoms. The summed E-state index contributed by atoms with van der Waals surface area (Å²) in [6.45, 7) is 3.42. The lowest BCUT2D eigenvalue weighted by atomic mass is 10.1. The molecule has 3 heteroatoms. The topological polar surface area (TPSA) is 35.5 Å². The minimum atomic E-state index is -0.640. The van der Waals surface area contributed by atoms with E-state index in [2.05, 4.69) is 0 Å². The number of carbonyl (C=O) groups excluding carboxylic acids is 1. The summed E-state index contributed by atoms with van der Waals surface area (Å²) in [7, 11) is 0. The van der Waals surface area contributed by atoms with Crippen LogP contribution in [0.1, 0.15) is 19.4 Å². The van der Waals surface area contributed by atoms with Crippen molar-refractivity contribution in [2.45, 2.75) is 20.1 Å². The molecule has 0 aliphatic carbocycles. The highest BCUT2D eigenvalue weighted by Gasteiger charge is 2.12. The third-order valence-electron chi connectivity index (χ3n) is 2.82. The van der Waals surface area contributed by atoms with Crippen molar-refractivity contribution < 1.29 is 14.3 Å². The van der Waals surface area contributed by atoms with Gasteiger partial charge >= 0.3 is 5.97 Å². The fraction of sp³-hybridized carbons (Fsp3) is 0.167. The third-order valence-corrected chi connectivity index (χ3v) is 2.82. The van der Waals surface area contributed by atoms with Gasteiger partial charge in [0.05, 0.1) is 0 Å². The van der Waals surface area contributed by atoms with Crippen molar-refractivity contribution >= 4 is 12.0 Å². The molecular weight excluding hydrogens is 264 g/mol. The lowest BCUT2D eigenvalue weighted by Crippen LogP contribution is -2.21. The zero-order valence-electron chi connectivity index (χ0n) is 12.2. The summed E-state index contributed by atoms with van der Waals surface area (Å²) in [6.07, 6.45) is 1.15. The van der Waals surface area contributed by atoms with Gasteiger partial charge in [0.15, 0.2) is 0 Å². The molecule has 108 valence electrons. The number of ether oxygens (including phenoxy) is 2. The lowest BCUT2D eigenvalue weighted by molar-refractivity contribution is -0.156. The molecule has 0 saturated carbocycles. The first-order valence-corrected chi connectivity index (χ1v) is 6.81. The van der Waals surface area contributed by atoms with Crippen molar-refractivity contribution in [1.29, 1.82) is 0 Å². The van der Waals surface area contributed by atoms with E-state index in [4.69, 9.17) is 9.47 Å². The smallest absolute Gasteiger partial charge is 0.336 e. The van der Waals surface area contributed by atoms with E-state index < -0.39 is 6.29 Å². The van der Waals surface area contributed by atoms with Crippen molar-refractivity contribution in [1.82, 2.24) is 0 Å². The zero-order valence-corrected chi connectivity index (χ0v) is 12.2. The van der Waals surface area contributed by atoms with Crippen LogP contribution in [-0.4, -0.2) is 12.3 Å². The van der Waals surface area contributed by atoms with E-state index >= 15 is 0 Å². The molecule has 0 amide bonds. The highest BCUT2D eigenvalue weighted by atomic mass is 16.7. The van der Waals surface area contributed by atoms with Gasteiger partial charge in [0.1, 0.15) is 5.75 Å². The normalized spacial score (nSPS) is 12.6. The number of benzene rings is 2. The molecule has 0 aliphatic rings. The van der Waals surface area contributed by atoms with E-state index in [1.807, 2.05) is 60.7 Å². The summed E-state index contributed by atoms with van der Waals surface area (Å²) in [6, 6.07) is 18.9. The maximum absolute atomic E-state index is 12.0. The molecule has 0 aromatic heterocycles. The summed E-state index contributed by atoms with van der Waals surface area (Å²) in [4.78, 5) is 12.0. The minimum Gasteiger partial charge on any atom is -0.455 e. The molecule has 0 radical (unpaired) electrons. The Labute approximate surface area is 124 Å². The van der Waals surface area contributed by atoms with Crippen LogP contribution in [0.3, 0.4) is 0 Å². The molecule has 0 N–H and O–H groups in total. The number of hydrogen-bond acceptors (Lipinski definition) is 3. The second-order valence-corrected chi connectivity index (χ2v) is 4.64. The SMILES string of the molecule is C/C(=C\c1ccccc1)C(=O)OC(C)Oc1ccccc1. The van der Waals surface area contributed by atoms with E-state index in [1.165, 1.54) is 0 Å². The van der Waals surface area contributed by atoms with Crippen molar-refractivity contribution in [2.75, 3.05) is 0 Å². The van der Waals surface area contributed by atoms with Crippen LogP contribution in [0.5, 0.6) is 5.75 Å². The second-order valence-electron chi connectivity index (χ2n) is 4.64. The molecule has 1 atom stereocenters. The molecule has 2 aromatic rings. The van der Waals surface area contributed by atoms with Gasteiger partial charge in [-0.15, -0.1) is 0 Å². The Morgan fingerprint density at radius 3 is 2.19 bits per heavy atom. The van der Waals surface area contributed by atoms with Gasteiger partial charge in [-0.25, -0.2) is 4.79 Å². The van der Waals surface area contributed by atoms with E-state index in [-0.39, 0.29) is 5.97 Å². The summed E-state index contributed by atoms with van der Waals surface area (Å²) in [5.74, 6) is 0.282. The van der Waals surface area contributed by atoms with Crippen LogP contribution in [0.25, 0.3) is 6.08 Å². The van der Waals surface area contributed by atoms with Crippen molar-refractivity contribution in [3.8, 4) is 5.75 Å². The standard InChI is InChI=1S/C18H18O3/c1-14(13-16-9-5-3-6-10-16)18(19)21-15(2)20-17-11-7-4-8-12-17/h3-13,15H,1-2H3/b14-13+. The highest BCUT2D eigenvalue weighted by Crippen LogP contribution is 2.13. The average Bonchev–Trinajstić information content (AvgIpc) is 2.49. The Morgan fingerprint density at radius 2 is 1.57 bits per heavy atom. The Morgan fingerprint density at radius 1 is 1.00 bits per heavy atom. The number of para-hydroxylation sites is 1. The Hall–Kier alpha value is -2.55. The molecule has 2 aromatic carbocycles. The summed E-state index contributed by atoms with van der Waals surface area (Å²) >= 11 is 0. The Balaban J connectivity index is 1.93. The Kier molecular flexibility index (Phi) is 5.16. The van der Waals surface area contributed by atoms with Crippen LogP contribution in [0.15, 0.2) is 66.2 Å². The fourth-order valence-electron chi connectivity index (χ4n) is 1.82. The van der Waals surface area contributed by atoms with Gasteiger partial charge in [-0.3, -0.25) is 0 Å². The summed E-state index contributed by atoms with van der Waals surface area (Å²) in [5.41, 5.74) is 1.49. The van der Waals surface area contributed by atoms with Gasteiger partial charge in [-0.2, -0.15) is 0 Å². The highest BCUT2D eigenvalue weighted by molar-refractivity contribution is 5.93. The number of carbonyl (C=O) groups is 1. The summed E-state index contributed by atoms with van der Waals surface area (Å²) in [5, 5.41) is 0. The van der Waals surface area contributed by atoms with Crippen LogP contribution < -0.4 is 4.74 Å². The first-order valence-electron chi connectivity index (χ1n) is 6.81. The number of hydrogen-bond donors (Lipinski definition) is 0. The molecule has 0 aliphatic heterocycles. The van der Waals surface area contributed by atoms with Crippen molar-refractivity contribution in [3.05, 3.63) is 71.8 Å². The average molecular weight is 282 g/mol.